The maximum Gasteiger partial charge on any atom is 0.249 e. The van der Waals surface area contributed by atoms with Crippen molar-refractivity contribution >= 4 is 5.91 Å². The van der Waals surface area contributed by atoms with Crippen molar-refractivity contribution in [1.29, 1.82) is 0 Å². The fourth-order valence-corrected chi connectivity index (χ4v) is 1.73. The third kappa shape index (κ3) is 4.28. The highest BCUT2D eigenvalue weighted by atomic mass is 16.7. The molecule has 0 aliphatic rings. The maximum atomic E-state index is 10.8. The van der Waals surface area contributed by atoms with E-state index in [1.54, 1.807) is 24.3 Å². The quantitative estimate of drug-likeness (QED) is 0.608. The lowest BCUT2D eigenvalue weighted by Gasteiger charge is -2.19. The molecule has 112 valence electrons. The number of benzene rings is 1. The number of hydrogen-bond acceptors (Lipinski definition) is 5. The van der Waals surface area contributed by atoms with Gasteiger partial charge in [0, 0.05) is 18.8 Å². The lowest BCUT2D eigenvalue weighted by molar-refractivity contribution is -0.140. The van der Waals surface area contributed by atoms with Gasteiger partial charge in [-0.2, -0.15) is 0 Å². The molecule has 0 spiro atoms. The zero-order valence-corrected chi connectivity index (χ0v) is 11.7. The average Bonchev–Trinajstić information content (AvgIpc) is 2.45. The Balaban J connectivity index is 2.84. The smallest absolute Gasteiger partial charge is 0.249 e. The van der Waals surface area contributed by atoms with Gasteiger partial charge >= 0.3 is 0 Å². The number of carbonyl (C=O) groups is 1. The Morgan fingerprint density at radius 1 is 1.10 bits per heavy atom. The molecule has 0 aliphatic heterocycles. The van der Waals surface area contributed by atoms with Crippen LogP contribution >= 0.6 is 0 Å². The minimum Gasteiger partial charge on any atom is -0.385 e. The first kappa shape index (κ1) is 16.6. The number of nitrogens with two attached hydrogens (primary N) is 1. The zero-order valence-electron chi connectivity index (χ0n) is 11.7. The molecule has 0 aliphatic carbocycles. The van der Waals surface area contributed by atoms with E-state index in [2.05, 4.69) is 0 Å². The molecule has 2 atom stereocenters. The van der Waals surface area contributed by atoms with Gasteiger partial charge in [-0.3, -0.25) is 4.79 Å². The number of ether oxygens (including phenoxy) is 2. The van der Waals surface area contributed by atoms with Gasteiger partial charge in [-0.15, -0.1) is 0 Å². The van der Waals surface area contributed by atoms with Gasteiger partial charge in [-0.1, -0.05) is 24.3 Å². The van der Waals surface area contributed by atoms with Gasteiger partial charge in [-0.05, 0) is 19.4 Å². The average molecular weight is 283 g/mol. The molecule has 1 amide bonds. The lowest BCUT2D eigenvalue weighted by atomic mass is 10.0. The summed E-state index contributed by atoms with van der Waals surface area (Å²) in [6.07, 6.45) is -3.45. The second-order valence-corrected chi connectivity index (χ2v) is 4.20. The molecule has 6 heteroatoms. The number of aliphatic hydroxyl groups is 2. The first-order valence-electron chi connectivity index (χ1n) is 6.49. The molecule has 1 aromatic carbocycles. The molecule has 0 aromatic heterocycles. The molecule has 0 saturated heterocycles. The second-order valence-electron chi connectivity index (χ2n) is 4.20. The fraction of sp³-hybridized carbons (Fsp3) is 0.500. The highest BCUT2D eigenvalue weighted by Gasteiger charge is 2.23. The van der Waals surface area contributed by atoms with Gasteiger partial charge in [-0.25, -0.2) is 0 Å². The van der Waals surface area contributed by atoms with Crippen LogP contribution in [0.4, 0.5) is 0 Å². The monoisotopic (exact) mass is 283 g/mol. The van der Waals surface area contributed by atoms with Crippen LogP contribution in [0.3, 0.4) is 0 Å². The molecule has 0 fully saturated rings. The summed E-state index contributed by atoms with van der Waals surface area (Å²) in [6.45, 7) is 4.76. The van der Waals surface area contributed by atoms with Crippen LogP contribution in [0.1, 0.15) is 37.4 Å². The van der Waals surface area contributed by atoms with Gasteiger partial charge < -0.3 is 25.4 Å². The van der Waals surface area contributed by atoms with Crippen LogP contribution in [0.5, 0.6) is 0 Å². The Labute approximate surface area is 118 Å². The molecule has 1 rings (SSSR count). The minimum absolute atomic E-state index is 0.395. The summed E-state index contributed by atoms with van der Waals surface area (Å²) in [6, 6.07) is 6.61. The normalized spacial score (nSPS) is 14.2. The van der Waals surface area contributed by atoms with Crippen molar-refractivity contribution in [2.24, 2.45) is 5.73 Å². The summed E-state index contributed by atoms with van der Waals surface area (Å²) in [7, 11) is 0. The van der Waals surface area contributed by atoms with E-state index in [9.17, 15) is 15.0 Å². The molecule has 6 nitrogen and oxygen atoms in total. The summed E-state index contributed by atoms with van der Waals surface area (Å²) in [5.74, 6) is -0.969. The van der Waals surface area contributed by atoms with E-state index < -0.39 is 24.4 Å². The number of amides is 1. The largest absolute Gasteiger partial charge is 0.385 e. The number of carbonyl (C=O) groups excluding carboxylic acids is 1. The summed E-state index contributed by atoms with van der Waals surface area (Å²) in [5.41, 5.74) is 6.13. The van der Waals surface area contributed by atoms with Crippen molar-refractivity contribution in [1.82, 2.24) is 0 Å². The molecule has 0 bridgehead atoms. The summed E-state index contributed by atoms with van der Waals surface area (Å²) >= 11 is 0. The predicted molar refractivity (Wildman–Crippen MR) is 72.6 cm³/mol. The molecule has 2 unspecified atom stereocenters. The lowest BCUT2D eigenvalue weighted by Crippen LogP contribution is -2.33. The minimum atomic E-state index is -1.63. The molecule has 20 heavy (non-hydrogen) atoms. The van der Waals surface area contributed by atoms with Crippen molar-refractivity contribution in [3.05, 3.63) is 35.4 Å². The van der Waals surface area contributed by atoms with Gasteiger partial charge in [0.25, 0.3) is 0 Å². The summed E-state index contributed by atoms with van der Waals surface area (Å²) in [4.78, 5) is 10.8. The molecular formula is C14H21NO5. The van der Waals surface area contributed by atoms with Crippen molar-refractivity contribution in [3.8, 4) is 0 Å². The Morgan fingerprint density at radius 2 is 1.55 bits per heavy atom. The van der Waals surface area contributed by atoms with Crippen LogP contribution in [-0.4, -0.2) is 35.4 Å². The Morgan fingerprint density at radius 3 is 1.95 bits per heavy atom. The molecule has 0 heterocycles. The van der Waals surface area contributed by atoms with Crippen LogP contribution < -0.4 is 5.73 Å². The SMILES string of the molecule is CCOC(OCC)c1ccc(C(O)C(O)C(N)=O)cc1. The first-order valence-corrected chi connectivity index (χ1v) is 6.49. The van der Waals surface area contributed by atoms with Gasteiger partial charge in [0.15, 0.2) is 12.4 Å². The van der Waals surface area contributed by atoms with Crippen LogP contribution in [0.15, 0.2) is 24.3 Å². The maximum absolute atomic E-state index is 10.8. The summed E-state index contributed by atoms with van der Waals surface area (Å²) < 4.78 is 10.9. The molecular weight excluding hydrogens is 262 g/mol. The Kier molecular flexibility index (Phi) is 6.60. The third-order valence-electron chi connectivity index (χ3n) is 2.78. The van der Waals surface area contributed by atoms with Crippen LogP contribution in [0, 0.1) is 0 Å². The van der Waals surface area contributed by atoms with E-state index in [0.29, 0.717) is 18.8 Å². The van der Waals surface area contributed by atoms with Gasteiger partial charge in [0.05, 0.1) is 0 Å². The number of aliphatic hydroxyl groups excluding tert-OH is 2. The van der Waals surface area contributed by atoms with Gasteiger partial charge in [0.2, 0.25) is 5.91 Å². The predicted octanol–water partition coefficient (Wildman–Crippen LogP) is 0.638. The Hall–Kier alpha value is -1.47. The van der Waals surface area contributed by atoms with Crippen LogP contribution in [-0.2, 0) is 14.3 Å². The molecule has 0 radical (unpaired) electrons. The Bertz CT molecular complexity index is 414. The first-order chi connectivity index (χ1) is 9.51. The highest BCUT2D eigenvalue weighted by Crippen LogP contribution is 2.23. The number of primary amides is 1. The van der Waals surface area contributed by atoms with E-state index in [4.69, 9.17) is 15.2 Å². The number of rotatable bonds is 8. The van der Waals surface area contributed by atoms with Crippen molar-refractivity contribution < 1.29 is 24.5 Å². The van der Waals surface area contributed by atoms with Crippen molar-refractivity contribution in [2.45, 2.75) is 32.3 Å². The van der Waals surface area contributed by atoms with E-state index in [0.717, 1.165) is 5.56 Å². The number of hydrogen-bond donors (Lipinski definition) is 3. The molecule has 1 aromatic rings. The third-order valence-corrected chi connectivity index (χ3v) is 2.78. The standard InChI is InChI=1S/C14H21NO5/c1-3-19-14(20-4-2)10-7-5-9(6-8-10)11(16)12(17)13(15)18/h5-8,11-12,14,16-17H,3-4H2,1-2H3,(H2,15,18). The zero-order chi connectivity index (χ0) is 15.1. The fourth-order valence-electron chi connectivity index (χ4n) is 1.73. The van der Waals surface area contributed by atoms with E-state index in [1.165, 1.54) is 0 Å². The topological polar surface area (TPSA) is 102 Å². The molecule has 4 N–H and O–H groups in total. The van der Waals surface area contributed by atoms with Crippen molar-refractivity contribution in [3.63, 3.8) is 0 Å². The second kappa shape index (κ2) is 7.96. The van der Waals surface area contributed by atoms with Crippen LogP contribution in [0.2, 0.25) is 0 Å². The van der Waals surface area contributed by atoms with E-state index in [1.807, 2.05) is 13.8 Å². The van der Waals surface area contributed by atoms with Gasteiger partial charge in [0.1, 0.15) is 6.10 Å². The summed E-state index contributed by atoms with van der Waals surface area (Å²) in [5, 5.41) is 19.2. The van der Waals surface area contributed by atoms with Crippen LogP contribution in [0.25, 0.3) is 0 Å². The van der Waals surface area contributed by atoms with Crippen molar-refractivity contribution in [2.75, 3.05) is 13.2 Å². The van der Waals surface area contributed by atoms with E-state index >= 15 is 0 Å². The highest BCUT2D eigenvalue weighted by molar-refractivity contribution is 5.79. The molecule has 0 saturated carbocycles. The van der Waals surface area contributed by atoms with E-state index in [-0.39, 0.29) is 0 Å².